The summed E-state index contributed by atoms with van der Waals surface area (Å²) in [5.74, 6) is 0.268. The molecule has 1 N–H and O–H groups in total. The van der Waals surface area contributed by atoms with Crippen LogP contribution in [0.3, 0.4) is 0 Å². The van der Waals surface area contributed by atoms with E-state index >= 15 is 0 Å². The number of benzene rings is 1. The molecule has 0 spiro atoms. The quantitative estimate of drug-likeness (QED) is 0.943. The Balaban J connectivity index is 1.66. The molecule has 1 aliphatic rings. The number of hydrogen-bond acceptors (Lipinski definition) is 4. The third-order valence-electron chi connectivity index (χ3n) is 4.03. The van der Waals surface area contributed by atoms with Crippen LogP contribution in [0.15, 0.2) is 36.5 Å². The number of hydrogen-bond donors (Lipinski definition) is 1. The molecule has 2 heterocycles. The van der Waals surface area contributed by atoms with Crippen LogP contribution in [0.25, 0.3) is 0 Å². The number of amides is 1. The highest BCUT2D eigenvalue weighted by Gasteiger charge is 2.25. The smallest absolute Gasteiger partial charge is 0.265 e. The Hall–Kier alpha value is -1.72. The van der Waals surface area contributed by atoms with Gasteiger partial charge in [0.2, 0.25) is 0 Å². The average molecular weight is 316 g/mol. The van der Waals surface area contributed by atoms with E-state index in [0.717, 1.165) is 30.8 Å². The van der Waals surface area contributed by atoms with E-state index in [2.05, 4.69) is 17.1 Å². The van der Waals surface area contributed by atoms with Crippen LogP contribution in [-0.2, 0) is 6.42 Å². The van der Waals surface area contributed by atoms with E-state index < -0.39 is 0 Å². The van der Waals surface area contributed by atoms with Gasteiger partial charge in [0.1, 0.15) is 4.88 Å². The maximum absolute atomic E-state index is 12.5. The zero-order chi connectivity index (χ0) is 15.4. The molecule has 1 aromatic heterocycles. The van der Waals surface area contributed by atoms with Gasteiger partial charge in [-0.1, -0.05) is 30.3 Å². The molecule has 0 saturated carbocycles. The van der Waals surface area contributed by atoms with E-state index in [9.17, 15) is 9.90 Å². The molecule has 1 atom stereocenters. The predicted molar refractivity (Wildman–Crippen MR) is 87.1 cm³/mol. The maximum atomic E-state index is 12.5. The fourth-order valence-electron chi connectivity index (χ4n) is 2.82. The van der Waals surface area contributed by atoms with Crippen molar-refractivity contribution >= 4 is 17.2 Å². The first-order valence-electron chi connectivity index (χ1n) is 7.65. The molecule has 5 heteroatoms. The lowest BCUT2D eigenvalue weighted by molar-refractivity contribution is 0.0625. The third-order valence-corrected chi connectivity index (χ3v) is 5.01. The van der Waals surface area contributed by atoms with E-state index in [0.29, 0.717) is 11.4 Å². The number of piperidine rings is 1. The maximum Gasteiger partial charge on any atom is 0.265 e. The van der Waals surface area contributed by atoms with E-state index in [-0.39, 0.29) is 18.4 Å². The highest BCUT2D eigenvalue weighted by molar-refractivity contribution is 7.13. The summed E-state index contributed by atoms with van der Waals surface area (Å²) in [4.78, 5) is 19.5. The minimum atomic E-state index is 0.0509. The summed E-state index contributed by atoms with van der Waals surface area (Å²) in [5, 5.41) is 10.2. The monoisotopic (exact) mass is 316 g/mol. The molecule has 116 valence electrons. The molecule has 22 heavy (non-hydrogen) atoms. The highest BCUT2D eigenvalue weighted by atomic mass is 32.1. The molecule has 2 aromatic rings. The number of aliphatic hydroxyl groups is 1. The van der Waals surface area contributed by atoms with Crippen LogP contribution < -0.4 is 0 Å². The Labute approximate surface area is 134 Å². The van der Waals surface area contributed by atoms with Gasteiger partial charge in [0.15, 0.2) is 0 Å². The van der Waals surface area contributed by atoms with Gasteiger partial charge in [-0.05, 0) is 24.3 Å². The number of carbonyl (C=O) groups is 1. The molecule has 1 amide bonds. The van der Waals surface area contributed by atoms with Gasteiger partial charge in [0, 0.05) is 26.1 Å². The van der Waals surface area contributed by atoms with Crippen molar-refractivity contribution in [3.8, 4) is 0 Å². The lowest BCUT2D eigenvalue weighted by Gasteiger charge is -2.31. The second-order valence-corrected chi connectivity index (χ2v) is 6.84. The number of rotatable bonds is 4. The zero-order valence-corrected chi connectivity index (χ0v) is 13.3. The van der Waals surface area contributed by atoms with Crippen molar-refractivity contribution in [2.75, 3.05) is 19.7 Å². The number of aromatic nitrogens is 1. The number of carbonyl (C=O) groups excluding carboxylic acids is 1. The van der Waals surface area contributed by atoms with Crippen molar-refractivity contribution in [3.05, 3.63) is 52.0 Å². The summed E-state index contributed by atoms with van der Waals surface area (Å²) in [5.41, 5.74) is 1.20. The SMILES string of the molecule is O=C(c1cnc(Cc2ccccc2)s1)N1CCCC(CO)C1. The standard InChI is InChI=1S/C17H20N2O2S/c20-12-14-7-4-8-19(11-14)17(21)15-10-18-16(22-15)9-13-5-2-1-3-6-13/h1-3,5-6,10,14,20H,4,7-9,11-12H2. The van der Waals surface area contributed by atoms with E-state index in [4.69, 9.17) is 0 Å². The van der Waals surface area contributed by atoms with E-state index in [1.54, 1.807) is 6.20 Å². The van der Waals surface area contributed by atoms with Crippen molar-refractivity contribution in [3.63, 3.8) is 0 Å². The molecule has 4 nitrogen and oxygen atoms in total. The molecule has 0 bridgehead atoms. The summed E-state index contributed by atoms with van der Waals surface area (Å²) in [6.45, 7) is 1.59. The lowest BCUT2D eigenvalue weighted by Crippen LogP contribution is -2.40. The fourth-order valence-corrected chi connectivity index (χ4v) is 3.74. The van der Waals surface area contributed by atoms with E-state index in [1.807, 2.05) is 23.1 Å². The van der Waals surface area contributed by atoms with Crippen molar-refractivity contribution in [2.24, 2.45) is 5.92 Å². The molecule has 1 saturated heterocycles. The highest BCUT2D eigenvalue weighted by Crippen LogP contribution is 2.22. The molecule has 1 unspecified atom stereocenters. The first-order chi connectivity index (χ1) is 10.8. The summed E-state index contributed by atoms with van der Waals surface area (Å²) < 4.78 is 0. The van der Waals surface area contributed by atoms with E-state index in [1.165, 1.54) is 16.9 Å². The minimum absolute atomic E-state index is 0.0509. The van der Waals surface area contributed by atoms with Crippen LogP contribution in [0.2, 0.25) is 0 Å². The Morgan fingerprint density at radius 1 is 1.36 bits per heavy atom. The van der Waals surface area contributed by atoms with Gasteiger partial charge in [0.25, 0.3) is 5.91 Å². The van der Waals surface area contributed by atoms with Gasteiger partial charge >= 0.3 is 0 Å². The Kier molecular flexibility index (Phi) is 4.85. The molecular formula is C17H20N2O2S. The van der Waals surface area contributed by atoms with Gasteiger partial charge in [-0.25, -0.2) is 4.98 Å². The molecule has 1 fully saturated rings. The van der Waals surface area contributed by atoms with Crippen molar-refractivity contribution < 1.29 is 9.90 Å². The number of nitrogens with zero attached hydrogens (tertiary/aromatic N) is 2. The summed E-state index contributed by atoms with van der Waals surface area (Å²) in [7, 11) is 0. The zero-order valence-electron chi connectivity index (χ0n) is 12.4. The second-order valence-electron chi connectivity index (χ2n) is 5.72. The first-order valence-corrected chi connectivity index (χ1v) is 8.46. The van der Waals surface area contributed by atoms with Crippen molar-refractivity contribution in [2.45, 2.75) is 19.3 Å². The van der Waals surface area contributed by atoms with Crippen LogP contribution in [0.4, 0.5) is 0 Å². The Morgan fingerprint density at radius 2 is 2.18 bits per heavy atom. The second kappa shape index (κ2) is 7.03. The molecule has 0 aliphatic carbocycles. The fraction of sp³-hybridized carbons (Fsp3) is 0.412. The Bertz CT molecular complexity index is 627. The third kappa shape index (κ3) is 3.54. The Morgan fingerprint density at radius 3 is 2.95 bits per heavy atom. The molecule has 3 rings (SSSR count). The lowest BCUT2D eigenvalue weighted by atomic mass is 9.99. The summed E-state index contributed by atoms with van der Waals surface area (Å²) >= 11 is 1.47. The largest absolute Gasteiger partial charge is 0.396 e. The first kappa shape index (κ1) is 15.2. The van der Waals surface area contributed by atoms with Crippen LogP contribution in [-0.4, -0.2) is 40.6 Å². The van der Waals surface area contributed by atoms with Gasteiger partial charge in [-0.2, -0.15) is 0 Å². The average Bonchev–Trinajstić information content (AvgIpc) is 3.03. The van der Waals surface area contributed by atoms with Crippen LogP contribution in [0.5, 0.6) is 0 Å². The van der Waals surface area contributed by atoms with Gasteiger partial charge in [0.05, 0.1) is 11.2 Å². The van der Waals surface area contributed by atoms with Crippen molar-refractivity contribution in [1.29, 1.82) is 0 Å². The molecule has 0 radical (unpaired) electrons. The van der Waals surface area contributed by atoms with Crippen molar-refractivity contribution in [1.82, 2.24) is 9.88 Å². The molecule has 1 aliphatic heterocycles. The summed E-state index contributed by atoms with van der Waals surface area (Å²) in [6, 6.07) is 10.2. The van der Waals surface area contributed by atoms with Crippen LogP contribution in [0.1, 0.15) is 33.1 Å². The normalized spacial score (nSPS) is 18.4. The topological polar surface area (TPSA) is 53.4 Å². The predicted octanol–water partition coefficient (Wildman–Crippen LogP) is 2.58. The van der Waals surface area contributed by atoms with Gasteiger partial charge in [-0.15, -0.1) is 11.3 Å². The molecular weight excluding hydrogens is 296 g/mol. The number of likely N-dealkylation sites (tertiary alicyclic amines) is 1. The molecule has 1 aromatic carbocycles. The number of aliphatic hydroxyl groups excluding tert-OH is 1. The minimum Gasteiger partial charge on any atom is -0.396 e. The number of thiazole rings is 1. The van der Waals surface area contributed by atoms with Gasteiger partial charge in [-0.3, -0.25) is 4.79 Å². The van der Waals surface area contributed by atoms with Crippen LogP contribution >= 0.6 is 11.3 Å². The van der Waals surface area contributed by atoms with Crippen LogP contribution in [0, 0.1) is 5.92 Å². The summed E-state index contributed by atoms with van der Waals surface area (Å²) in [6.07, 6.45) is 4.42. The van der Waals surface area contributed by atoms with Gasteiger partial charge < -0.3 is 10.0 Å².